The first-order valence-electron chi connectivity index (χ1n) is 11.4. The molecule has 3 aromatic carbocycles. The summed E-state index contributed by atoms with van der Waals surface area (Å²) in [6, 6.07) is 21.0. The Morgan fingerprint density at radius 2 is 1.61 bits per heavy atom. The van der Waals surface area contributed by atoms with Gasteiger partial charge in [-0.3, -0.25) is 4.79 Å². The molecule has 2 aliphatic heterocycles. The Kier molecular flexibility index (Phi) is 5.70. The van der Waals surface area contributed by atoms with Crippen molar-refractivity contribution in [3.8, 4) is 23.6 Å². The van der Waals surface area contributed by atoms with E-state index in [1.54, 1.807) is 18.2 Å². The van der Waals surface area contributed by atoms with Crippen molar-refractivity contribution in [2.24, 2.45) is 5.41 Å². The summed E-state index contributed by atoms with van der Waals surface area (Å²) in [5.74, 6) is -0.690. The smallest absolute Gasteiger partial charge is 0.185 e. The fourth-order valence-corrected chi connectivity index (χ4v) is 5.40. The quantitative estimate of drug-likeness (QED) is 0.472. The summed E-state index contributed by atoms with van der Waals surface area (Å²) in [6.07, 6.45) is 3.70. The van der Waals surface area contributed by atoms with Crippen LogP contribution in [-0.2, 0) is 0 Å². The van der Waals surface area contributed by atoms with E-state index in [1.807, 2.05) is 41.3 Å². The Labute approximate surface area is 208 Å². The number of nitriles is 2. The Balaban J connectivity index is 1.80. The first-order chi connectivity index (χ1) is 17.5. The third-order valence-corrected chi connectivity index (χ3v) is 7.05. The molecule has 6 nitrogen and oxygen atoms in total. The summed E-state index contributed by atoms with van der Waals surface area (Å²) in [7, 11) is 3.02. The third kappa shape index (κ3) is 3.40. The highest BCUT2D eigenvalue weighted by Gasteiger charge is 2.63. The maximum absolute atomic E-state index is 14.2. The lowest BCUT2D eigenvalue weighted by Gasteiger charge is -2.35. The Morgan fingerprint density at radius 3 is 2.22 bits per heavy atom. The lowest BCUT2D eigenvalue weighted by atomic mass is 9.69. The number of rotatable bonds is 5. The molecule has 3 atom stereocenters. The van der Waals surface area contributed by atoms with Crippen molar-refractivity contribution in [2.45, 2.75) is 18.0 Å². The highest BCUT2D eigenvalue weighted by atomic mass is 19.1. The maximum atomic E-state index is 14.2. The van der Waals surface area contributed by atoms with Gasteiger partial charge in [0.05, 0.1) is 32.4 Å². The van der Waals surface area contributed by atoms with Crippen molar-refractivity contribution < 1.29 is 18.7 Å². The first-order valence-corrected chi connectivity index (χ1v) is 11.4. The normalized spacial score (nSPS) is 21.0. The number of methoxy groups -OCH3 is 2. The summed E-state index contributed by atoms with van der Waals surface area (Å²) in [5, 5.41) is 21.1. The second kappa shape index (κ2) is 8.87. The predicted molar refractivity (Wildman–Crippen MR) is 132 cm³/mol. The number of hydrogen-bond donors (Lipinski definition) is 0. The topological polar surface area (TPSA) is 86.3 Å². The molecule has 0 aromatic heterocycles. The van der Waals surface area contributed by atoms with Crippen LogP contribution in [0.25, 0.3) is 6.08 Å². The second-order valence-electron chi connectivity index (χ2n) is 8.80. The zero-order chi connectivity index (χ0) is 25.4. The van der Waals surface area contributed by atoms with Crippen LogP contribution in [0, 0.1) is 33.9 Å². The van der Waals surface area contributed by atoms with Crippen LogP contribution >= 0.6 is 0 Å². The summed E-state index contributed by atoms with van der Waals surface area (Å²) >= 11 is 0. The van der Waals surface area contributed by atoms with Gasteiger partial charge in [-0.05, 0) is 53.6 Å². The van der Waals surface area contributed by atoms with E-state index in [0.29, 0.717) is 22.6 Å². The van der Waals surface area contributed by atoms with E-state index in [0.717, 1.165) is 11.3 Å². The van der Waals surface area contributed by atoms with Gasteiger partial charge in [-0.2, -0.15) is 10.5 Å². The number of Topliss-reactive ketones (excluding diaryl/α,β-unsaturated/α-hetero) is 1. The molecule has 0 N–H and O–H groups in total. The molecular weight excluding hydrogens is 457 g/mol. The molecule has 5 rings (SSSR count). The molecule has 0 spiro atoms. The van der Waals surface area contributed by atoms with Crippen LogP contribution in [0.1, 0.15) is 27.4 Å². The van der Waals surface area contributed by atoms with Crippen molar-refractivity contribution >= 4 is 17.5 Å². The van der Waals surface area contributed by atoms with Gasteiger partial charge < -0.3 is 14.4 Å². The van der Waals surface area contributed by atoms with Crippen molar-refractivity contribution in [1.82, 2.24) is 0 Å². The number of halogens is 1. The van der Waals surface area contributed by atoms with Crippen LogP contribution in [0.2, 0.25) is 0 Å². The third-order valence-electron chi connectivity index (χ3n) is 7.05. The van der Waals surface area contributed by atoms with Gasteiger partial charge in [-0.1, -0.05) is 30.4 Å². The van der Waals surface area contributed by atoms with Crippen LogP contribution in [0.15, 0.2) is 72.8 Å². The van der Waals surface area contributed by atoms with Gasteiger partial charge >= 0.3 is 0 Å². The maximum Gasteiger partial charge on any atom is 0.185 e. The molecule has 1 fully saturated rings. The highest BCUT2D eigenvalue weighted by molar-refractivity contribution is 6.04. The van der Waals surface area contributed by atoms with E-state index in [-0.39, 0.29) is 5.78 Å². The highest BCUT2D eigenvalue weighted by Crippen LogP contribution is 2.56. The number of carbonyl (C=O) groups excluding carboxylic acids is 1. The van der Waals surface area contributed by atoms with Gasteiger partial charge in [-0.15, -0.1) is 0 Å². The molecule has 0 unspecified atom stereocenters. The molecule has 0 amide bonds. The molecule has 0 radical (unpaired) electrons. The minimum Gasteiger partial charge on any atom is -0.497 e. The molecule has 3 aromatic rings. The SMILES string of the molecule is COc1cc(OC)cc([C@@H]2[C@@H](C(=O)c3ccc(F)cc3)N3c4ccccc4C=C[C@H]3C2(C#N)C#N)c1. The van der Waals surface area contributed by atoms with Crippen molar-refractivity contribution in [3.63, 3.8) is 0 Å². The molecule has 178 valence electrons. The molecule has 2 heterocycles. The largest absolute Gasteiger partial charge is 0.497 e. The van der Waals surface area contributed by atoms with Gasteiger partial charge in [0, 0.05) is 23.2 Å². The average Bonchev–Trinajstić information content (AvgIpc) is 3.23. The van der Waals surface area contributed by atoms with E-state index >= 15 is 0 Å². The van der Waals surface area contributed by atoms with Gasteiger partial charge in [0.2, 0.25) is 0 Å². The van der Waals surface area contributed by atoms with Crippen LogP contribution in [0.5, 0.6) is 11.5 Å². The number of hydrogen-bond acceptors (Lipinski definition) is 6. The lowest BCUT2D eigenvalue weighted by Crippen LogP contribution is -2.44. The van der Waals surface area contributed by atoms with Crippen LogP contribution in [-0.4, -0.2) is 32.1 Å². The van der Waals surface area contributed by atoms with Crippen LogP contribution in [0.4, 0.5) is 10.1 Å². The summed E-state index contributed by atoms with van der Waals surface area (Å²) in [6.45, 7) is 0. The number of carbonyl (C=O) groups is 1. The summed E-state index contributed by atoms with van der Waals surface area (Å²) in [4.78, 5) is 16.0. The molecule has 1 saturated heterocycles. The minimum atomic E-state index is -1.61. The minimum absolute atomic E-state index is 0.290. The van der Waals surface area contributed by atoms with Crippen molar-refractivity contribution in [3.05, 3.63) is 95.3 Å². The van der Waals surface area contributed by atoms with Gasteiger partial charge in [0.15, 0.2) is 11.2 Å². The average molecular weight is 480 g/mol. The standard InChI is InChI=1S/C29H22FN3O3/c1-35-22-13-20(14-23(15-22)36-2)26-27(28(34)19-7-10-21(30)11-8-19)33-24-6-4-3-5-18(24)9-12-25(33)29(26,16-31)17-32/h3-15,25-27H,1-2H3/t25-,26+,27-/m0/s1. The summed E-state index contributed by atoms with van der Waals surface area (Å²) < 4.78 is 24.6. The fraction of sp³-hybridized carbons (Fsp3) is 0.207. The van der Waals surface area contributed by atoms with E-state index in [2.05, 4.69) is 12.1 Å². The number of ether oxygens (including phenoxy) is 2. The van der Waals surface area contributed by atoms with Gasteiger partial charge in [0.1, 0.15) is 23.4 Å². The molecular formula is C29H22FN3O3. The van der Waals surface area contributed by atoms with Crippen molar-refractivity contribution in [1.29, 1.82) is 10.5 Å². The van der Waals surface area contributed by atoms with Crippen LogP contribution < -0.4 is 14.4 Å². The molecule has 36 heavy (non-hydrogen) atoms. The molecule has 0 bridgehead atoms. The molecule has 7 heteroatoms. The Morgan fingerprint density at radius 1 is 0.972 bits per heavy atom. The number of benzene rings is 3. The summed E-state index contributed by atoms with van der Waals surface area (Å²) in [5.41, 5.74) is 0.868. The van der Waals surface area contributed by atoms with E-state index in [4.69, 9.17) is 9.47 Å². The predicted octanol–water partition coefficient (Wildman–Crippen LogP) is 5.13. The Hall–Kier alpha value is -4.62. The molecule has 2 aliphatic rings. The van der Waals surface area contributed by atoms with Crippen LogP contribution in [0.3, 0.4) is 0 Å². The van der Waals surface area contributed by atoms with Gasteiger partial charge in [0.25, 0.3) is 0 Å². The first kappa shape index (κ1) is 23.1. The fourth-order valence-electron chi connectivity index (χ4n) is 5.40. The zero-order valence-corrected chi connectivity index (χ0v) is 19.7. The number of nitrogens with zero attached hydrogens (tertiary/aromatic N) is 3. The zero-order valence-electron chi connectivity index (χ0n) is 19.7. The Bertz CT molecular complexity index is 1420. The molecule has 0 aliphatic carbocycles. The number of ketones is 1. The molecule has 0 saturated carbocycles. The van der Waals surface area contributed by atoms with E-state index < -0.39 is 29.2 Å². The van der Waals surface area contributed by atoms with E-state index in [9.17, 15) is 19.7 Å². The van der Waals surface area contributed by atoms with Gasteiger partial charge in [-0.25, -0.2) is 4.39 Å². The number of fused-ring (bicyclic) bond motifs is 3. The lowest BCUT2D eigenvalue weighted by molar-refractivity contribution is 0.0950. The second-order valence-corrected chi connectivity index (χ2v) is 8.80. The number of anilines is 1. The van der Waals surface area contributed by atoms with E-state index in [1.165, 1.54) is 38.5 Å². The monoisotopic (exact) mass is 479 g/mol. The van der Waals surface area contributed by atoms with Crippen molar-refractivity contribution in [2.75, 3.05) is 19.1 Å². The number of para-hydroxylation sites is 1.